The number of hydrogen-bond donors (Lipinski definition) is 1. The Morgan fingerprint density at radius 3 is 2.06 bits per heavy atom. The van der Waals surface area contributed by atoms with Gasteiger partial charge in [-0.3, -0.25) is 9.69 Å². The Morgan fingerprint density at radius 2 is 1.71 bits per heavy atom. The standard InChI is InChI=1S/C13H23NO3/c1-12(2)7-14(8-13(3,4)17-12)10(11(15)16)9-5-6-9/h9-10H,5-8H2,1-4H3,(H,15,16). The highest BCUT2D eigenvalue weighted by Crippen LogP contribution is 2.39. The van der Waals surface area contributed by atoms with Crippen molar-refractivity contribution in [1.82, 2.24) is 4.90 Å². The third-order valence-corrected chi connectivity index (χ3v) is 3.44. The van der Waals surface area contributed by atoms with Crippen molar-refractivity contribution in [2.24, 2.45) is 5.92 Å². The summed E-state index contributed by atoms with van der Waals surface area (Å²) in [5, 5.41) is 9.39. The average molecular weight is 241 g/mol. The SMILES string of the molecule is CC1(C)CN(C(C(=O)O)C2CC2)CC(C)(C)O1. The zero-order valence-electron chi connectivity index (χ0n) is 11.2. The Balaban J connectivity index is 2.16. The van der Waals surface area contributed by atoms with Gasteiger partial charge < -0.3 is 9.84 Å². The quantitative estimate of drug-likeness (QED) is 0.817. The summed E-state index contributed by atoms with van der Waals surface area (Å²) < 4.78 is 5.99. The van der Waals surface area contributed by atoms with Crippen LogP contribution in [0.5, 0.6) is 0 Å². The number of hydrogen-bond acceptors (Lipinski definition) is 3. The van der Waals surface area contributed by atoms with Gasteiger partial charge in [-0.2, -0.15) is 0 Å². The first-order chi connectivity index (χ1) is 7.70. The Hall–Kier alpha value is -0.610. The highest BCUT2D eigenvalue weighted by molar-refractivity contribution is 5.74. The van der Waals surface area contributed by atoms with Crippen LogP contribution in [0.3, 0.4) is 0 Å². The smallest absolute Gasteiger partial charge is 0.321 e. The van der Waals surface area contributed by atoms with E-state index in [0.717, 1.165) is 12.8 Å². The van der Waals surface area contributed by atoms with Gasteiger partial charge in [0.2, 0.25) is 0 Å². The van der Waals surface area contributed by atoms with Crippen LogP contribution in [0.1, 0.15) is 40.5 Å². The van der Waals surface area contributed by atoms with E-state index in [1.807, 2.05) is 27.7 Å². The van der Waals surface area contributed by atoms with E-state index in [9.17, 15) is 9.90 Å². The van der Waals surface area contributed by atoms with Crippen LogP contribution >= 0.6 is 0 Å². The van der Waals surface area contributed by atoms with Gasteiger partial charge in [0.15, 0.2) is 0 Å². The van der Waals surface area contributed by atoms with E-state index in [1.54, 1.807) is 0 Å². The van der Waals surface area contributed by atoms with Gasteiger partial charge in [0, 0.05) is 13.1 Å². The van der Waals surface area contributed by atoms with Crippen molar-refractivity contribution < 1.29 is 14.6 Å². The summed E-state index contributed by atoms with van der Waals surface area (Å²) in [7, 11) is 0. The molecule has 2 fully saturated rings. The monoisotopic (exact) mass is 241 g/mol. The van der Waals surface area contributed by atoms with E-state index in [4.69, 9.17) is 4.74 Å². The van der Waals surface area contributed by atoms with Crippen LogP contribution in [0.2, 0.25) is 0 Å². The summed E-state index contributed by atoms with van der Waals surface area (Å²) >= 11 is 0. The predicted octanol–water partition coefficient (Wildman–Crippen LogP) is 1.74. The minimum Gasteiger partial charge on any atom is -0.480 e. The van der Waals surface area contributed by atoms with E-state index in [2.05, 4.69) is 4.90 Å². The Bertz CT molecular complexity index is 305. The minimum atomic E-state index is -0.680. The Kier molecular flexibility index (Phi) is 2.99. The molecule has 4 nitrogen and oxygen atoms in total. The molecule has 2 rings (SSSR count). The Labute approximate surface area is 103 Å². The largest absolute Gasteiger partial charge is 0.480 e. The van der Waals surface area contributed by atoms with Gasteiger partial charge in [0.25, 0.3) is 0 Å². The van der Waals surface area contributed by atoms with Gasteiger partial charge in [0.05, 0.1) is 11.2 Å². The second kappa shape index (κ2) is 3.95. The second-order valence-corrected chi connectivity index (χ2v) is 6.65. The van der Waals surface area contributed by atoms with Gasteiger partial charge in [0.1, 0.15) is 6.04 Å². The maximum absolute atomic E-state index is 11.4. The number of carboxylic acid groups (broad SMARTS) is 1. The van der Waals surface area contributed by atoms with Gasteiger partial charge in [-0.25, -0.2) is 0 Å². The molecule has 0 radical (unpaired) electrons. The molecule has 1 aliphatic carbocycles. The number of morpholine rings is 1. The molecule has 1 aliphatic heterocycles. The van der Waals surface area contributed by atoms with E-state index in [0.29, 0.717) is 19.0 Å². The lowest BCUT2D eigenvalue weighted by Crippen LogP contribution is -2.61. The van der Waals surface area contributed by atoms with Crippen LogP contribution in [-0.2, 0) is 9.53 Å². The molecule has 0 bridgehead atoms. The molecule has 2 aliphatic rings. The molecule has 1 saturated heterocycles. The third-order valence-electron chi connectivity index (χ3n) is 3.44. The van der Waals surface area contributed by atoms with Gasteiger partial charge >= 0.3 is 5.97 Å². The average Bonchev–Trinajstić information content (AvgIpc) is 2.80. The highest BCUT2D eigenvalue weighted by atomic mass is 16.5. The van der Waals surface area contributed by atoms with Crippen molar-refractivity contribution in [3.63, 3.8) is 0 Å². The third kappa shape index (κ3) is 2.99. The zero-order chi connectivity index (χ0) is 12.8. The lowest BCUT2D eigenvalue weighted by Gasteiger charge is -2.49. The summed E-state index contributed by atoms with van der Waals surface area (Å²) in [6, 6.07) is -0.322. The summed E-state index contributed by atoms with van der Waals surface area (Å²) in [6.07, 6.45) is 2.10. The first-order valence-corrected chi connectivity index (χ1v) is 6.37. The number of carbonyl (C=O) groups is 1. The number of nitrogens with zero attached hydrogens (tertiary/aromatic N) is 1. The molecule has 0 amide bonds. The van der Waals surface area contributed by atoms with E-state index < -0.39 is 5.97 Å². The van der Waals surface area contributed by atoms with E-state index in [1.165, 1.54) is 0 Å². The highest BCUT2D eigenvalue weighted by Gasteiger charge is 2.47. The van der Waals surface area contributed by atoms with Crippen molar-refractivity contribution in [1.29, 1.82) is 0 Å². The fraction of sp³-hybridized carbons (Fsp3) is 0.923. The van der Waals surface area contributed by atoms with Crippen LogP contribution in [-0.4, -0.2) is 46.3 Å². The van der Waals surface area contributed by atoms with Crippen LogP contribution in [0.4, 0.5) is 0 Å². The Morgan fingerprint density at radius 1 is 1.24 bits per heavy atom. The molecular formula is C13H23NO3. The molecule has 1 unspecified atom stereocenters. The lowest BCUT2D eigenvalue weighted by atomic mass is 9.96. The molecule has 4 heteroatoms. The van der Waals surface area contributed by atoms with Crippen LogP contribution < -0.4 is 0 Å². The first-order valence-electron chi connectivity index (χ1n) is 6.37. The predicted molar refractivity (Wildman–Crippen MR) is 65.0 cm³/mol. The number of aliphatic carboxylic acids is 1. The molecule has 0 aromatic carbocycles. The number of carboxylic acids is 1. The van der Waals surface area contributed by atoms with Crippen LogP contribution in [0.15, 0.2) is 0 Å². The molecule has 17 heavy (non-hydrogen) atoms. The van der Waals surface area contributed by atoms with Gasteiger partial charge in [-0.15, -0.1) is 0 Å². The summed E-state index contributed by atoms with van der Waals surface area (Å²) in [6.45, 7) is 9.53. The fourth-order valence-electron chi connectivity index (χ4n) is 3.11. The molecule has 1 heterocycles. The van der Waals surface area contributed by atoms with E-state index in [-0.39, 0.29) is 17.2 Å². The van der Waals surface area contributed by atoms with Crippen LogP contribution in [0.25, 0.3) is 0 Å². The summed E-state index contributed by atoms with van der Waals surface area (Å²) in [5.41, 5.74) is -0.547. The fourth-order valence-corrected chi connectivity index (χ4v) is 3.11. The van der Waals surface area contributed by atoms with Crippen LogP contribution in [0, 0.1) is 5.92 Å². The maximum Gasteiger partial charge on any atom is 0.321 e. The number of rotatable bonds is 3. The lowest BCUT2D eigenvalue weighted by molar-refractivity contribution is -0.193. The molecule has 0 aromatic heterocycles. The maximum atomic E-state index is 11.4. The molecule has 1 atom stereocenters. The molecule has 1 N–H and O–H groups in total. The molecule has 0 aromatic rings. The molecule has 98 valence electrons. The van der Waals surface area contributed by atoms with Crippen molar-refractivity contribution in [3.05, 3.63) is 0 Å². The van der Waals surface area contributed by atoms with Crippen molar-refractivity contribution in [2.45, 2.75) is 57.8 Å². The normalized spacial score (nSPS) is 29.9. The van der Waals surface area contributed by atoms with Crippen molar-refractivity contribution in [2.75, 3.05) is 13.1 Å². The summed E-state index contributed by atoms with van der Waals surface area (Å²) in [4.78, 5) is 13.5. The van der Waals surface area contributed by atoms with Gasteiger partial charge in [-0.05, 0) is 46.5 Å². The van der Waals surface area contributed by atoms with E-state index >= 15 is 0 Å². The zero-order valence-corrected chi connectivity index (χ0v) is 11.2. The summed E-state index contributed by atoms with van der Waals surface area (Å²) in [5.74, 6) is -0.335. The van der Waals surface area contributed by atoms with Gasteiger partial charge in [-0.1, -0.05) is 0 Å². The molecular weight excluding hydrogens is 218 g/mol. The second-order valence-electron chi connectivity index (χ2n) is 6.65. The first kappa shape index (κ1) is 12.8. The molecule has 1 saturated carbocycles. The van der Waals surface area contributed by atoms with Crippen molar-refractivity contribution in [3.8, 4) is 0 Å². The number of ether oxygens (including phenoxy) is 1. The topological polar surface area (TPSA) is 49.8 Å². The van der Waals surface area contributed by atoms with Crippen molar-refractivity contribution >= 4 is 5.97 Å². The minimum absolute atomic E-state index is 0.273. The molecule has 0 spiro atoms.